The van der Waals surface area contributed by atoms with E-state index < -0.39 is 0 Å². The summed E-state index contributed by atoms with van der Waals surface area (Å²) in [6.07, 6.45) is 3.77. The Morgan fingerprint density at radius 2 is 2.17 bits per heavy atom. The van der Waals surface area contributed by atoms with Gasteiger partial charge >= 0.3 is 0 Å². The Labute approximate surface area is 122 Å². The summed E-state index contributed by atoms with van der Waals surface area (Å²) in [6, 6.07) is 12.9. The molecule has 0 aliphatic rings. The summed E-state index contributed by atoms with van der Waals surface area (Å²) in [6.45, 7) is 3.21. The van der Waals surface area contributed by atoms with E-state index in [-0.39, 0.29) is 0 Å². The van der Waals surface area contributed by atoms with E-state index in [1.54, 1.807) is 6.26 Å². The van der Waals surface area contributed by atoms with Crippen LogP contribution in [0.25, 0.3) is 0 Å². The maximum Gasteiger partial charge on any atom is 0.105 e. The van der Waals surface area contributed by atoms with Crippen molar-refractivity contribution >= 4 is 22.6 Å². The largest absolute Gasteiger partial charge is 0.469 e. The van der Waals surface area contributed by atoms with Crippen molar-refractivity contribution in [2.24, 2.45) is 0 Å². The average Bonchev–Trinajstić information content (AvgIpc) is 2.87. The van der Waals surface area contributed by atoms with Crippen LogP contribution in [-0.4, -0.2) is 6.54 Å². The lowest BCUT2D eigenvalue weighted by Crippen LogP contribution is -2.24. The molecular formula is C15H18INO. The molecule has 1 unspecified atom stereocenters. The SMILES string of the molecule is CCCNC(Cc1ccco1)c1cccc(I)c1. The molecule has 0 saturated carbocycles. The Morgan fingerprint density at radius 1 is 1.28 bits per heavy atom. The van der Waals surface area contributed by atoms with Crippen molar-refractivity contribution in [1.29, 1.82) is 0 Å². The standard InChI is InChI=1S/C15H18INO/c1-2-8-17-15(11-14-7-4-9-18-14)12-5-3-6-13(16)10-12/h3-7,9-10,15,17H,2,8,11H2,1H3. The predicted molar refractivity (Wildman–Crippen MR) is 82.6 cm³/mol. The van der Waals surface area contributed by atoms with E-state index in [4.69, 9.17) is 4.42 Å². The summed E-state index contributed by atoms with van der Waals surface area (Å²) in [5.41, 5.74) is 1.33. The van der Waals surface area contributed by atoms with Crippen molar-refractivity contribution in [2.45, 2.75) is 25.8 Å². The first-order valence-corrected chi connectivity index (χ1v) is 7.38. The second-order valence-corrected chi connectivity index (χ2v) is 5.59. The third kappa shape index (κ3) is 3.85. The Morgan fingerprint density at radius 3 is 2.83 bits per heavy atom. The van der Waals surface area contributed by atoms with Crippen LogP contribution in [0.1, 0.15) is 30.7 Å². The molecule has 2 aromatic rings. The molecule has 0 aliphatic carbocycles. The van der Waals surface area contributed by atoms with Gasteiger partial charge in [-0.25, -0.2) is 0 Å². The zero-order valence-corrected chi connectivity index (χ0v) is 12.7. The average molecular weight is 355 g/mol. The number of hydrogen-bond donors (Lipinski definition) is 1. The molecule has 0 fully saturated rings. The smallest absolute Gasteiger partial charge is 0.105 e. The lowest BCUT2D eigenvalue weighted by atomic mass is 10.0. The van der Waals surface area contributed by atoms with Gasteiger partial charge in [-0.3, -0.25) is 0 Å². The number of halogens is 1. The van der Waals surface area contributed by atoms with Gasteiger partial charge in [0.15, 0.2) is 0 Å². The third-order valence-electron chi connectivity index (χ3n) is 2.88. The van der Waals surface area contributed by atoms with Crippen molar-refractivity contribution in [2.75, 3.05) is 6.54 Å². The first-order chi connectivity index (χ1) is 8.79. The molecule has 1 aromatic carbocycles. The van der Waals surface area contributed by atoms with Crippen molar-refractivity contribution in [3.05, 3.63) is 57.6 Å². The molecule has 0 radical (unpaired) electrons. The van der Waals surface area contributed by atoms with Gasteiger partial charge in [-0.15, -0.1) is 0 Å². The maximum atomic E-state index is 5.45. The highest BCUT2D eigenvalue weighted by Crippen LogP contribution is 2.20. The number of nitrogens with one attached hydrogen (secondary N) is 1. The molecule has 18 heavy (non-hydrogen) atoms. The van der Waals surface area contributed by atoms with E-state index >= 15 is 0 Å². The Bertz CT molecular complexity index is 467. The van der Waals surface area contributed by atoms with Crippen LogP contribution in [-0.2, 0) is 6.42 Å². The van der Waals surface area contributed by atoms with Gasteiger partial charge in [0.25, 0.3) is 0 Å². The molecule has 0 bridgehead atoms. The van der Waals surface area contributed by atoms with Crippen LogP contribution in [0.4, 0.5) is 0 Å². The molecule has 2 nitrogen and oxygen atoms in total. The van der Waals surface area contributed by atoms with E-state index in [0.29, 0.717) is 6.04 Å². The van der Waals surface area contributed by atoms with Crippen LogP contribution < -0.4 is 5.32 Å². The molecule has 0 spiro atoms. The highest BCUT2D eigenvalue weighted by Gasteiger charge is 2.13. The topological polar surface area (TPSA) is 25.2 Å². The van der Waals surface area contributed by atoms with Crippen LogP contribution in [0.3, 0.4) is 0 Å². The number of rotatable bonds is 6. The second-order valence-electron chi connectivity index (χ2n) is 4.35. The molecule has 1 N–H and O–H groups in total. The van der Waals surface area contributed by atoms with Gasteiger partial charge in [-0.1, -0.05) is 19.1 Å². The minimum absolute atomic E-state index is 0.325. The van der Waals surface area contributed by atoms with Gasteiger partial charge in [0, 0.05) is 16.0 Å². The molecule has 0 amide bonds. The zero-order chi connectivity index (χ0) is 12.8. The molecule has 1 heterocycles. The molecule has 0 aliphatic heterocycles. The van der Waals surface area contributed by atoms with Crippen LogP contribution in [0.15, 0.2) is 47.1 Å². The minimum atomic E-state index is 0.325. The van der Waals surface area contributed by atoms with E-state index in [2.05, 4.69) is 59.1 Å². The normalized spacial score (nSPS) is 12.6. The van der Waals surface area contributed by atoms with Crippen LogP contribution in [0.5, 0.6) is 0 Å². The highest BCUT2D eigenvalue weighted by molar-refractivity contribution is 14.1. The van der Waals surface area contributed by atoms with Gasteiger partial charge in [0.05, 0.1) is 6.26 Å². The fourth-order valence-electron chi connectivity index (χ4n) is 1.98. The van der Waals surface area contributed by atoms with Crippen LogP contribution >= 0.6 is 22.6 Å². The quantitative estimate of drug-likeness (QED) is 0.787. The molecule has 96 valence electrons. The first-order valence-electron chi connectivity index (χ1n) is 6.31. The zero-order valence-electron chi connectivity index (χ0n) is 10.5. The van der Waals surface area contributed by atoms with E-state index in [1.807, 2.05) is 12.1 Å². The van der Waals surface area contributed by atoms with Crippen molar-refractivity contribution in [1.82, 2.24) is 5.32 Å². The molecule has 1 aromatic heterocycles. The number of hydrogen-bond acceptors (Lipinski definition) is 2. The highest BCUT2D eigenvalue weighted by atomic mass is 127. The fraction of sp³-hybridized carbons (Fsp3) is 0.333. The molecular weight excluding hydrogens is 337 g/mol. The number of benzene rings is 1. The van der Waals surface area contributed by atoms with Gasteiger partial charge in [-0.05, 0) is 65.4 Å². The number of furan rings is 1. The molecule has 2 rings (SSSR count). The van der Waals surface area contributed by atoms with Gasteiger partial charge in [0.1, 0.15) is 5.76 Å². The fourth-order valence-corrected chi connectivity index (χ4v) is 2.55. The van der Waals surface area contributed by atoms with Gasteiger partial charge < -0.3 is 9.73 Å². The Kier molecular flexibility index (Phi) is 5.26. The Balaban J connectivity index is 2.13. The van der Waals surface area contributed by atoms with Gasteiger partial charge in [-0.2, -0.15) is 0 Å². The lowest BCUT2D eigenvalue weighted by Gasteiger charge is -2.18. The van der Waals surface area contributed by atoms with E-state index in [1.165, 1.54) is 9.13 Å². The van der Waals surface area contributed by atoms with E-state index in [0.717, 1.165) is 25.1 Å². The van der Waals surface area contributed by atoms with Crippen LogP contribution in [0.2, 0.25) is 0 Å². The molecule has 3 heteroatoms. The predicted octanol–water partition coefficient (Wildman–Crippen LogP) is 4.17. The van der Waals surface area contributed by atoms with Crippen molar-refractivity contribution < 1.29 is 4.42 Å². The second kappa shape index (κ2) is 6.95. The first kappa shape index (κ1) is 13.6. The summed E-state index contributed by atoms with van der Waals surface area (Å²) < 4.78 is 6.72. The van der Waals surface area contributed by atoms with Crippen LogP contribution in [0, 0.1) is 3.57 Å². The molecule has 1 atom stereocenters. The third-order valence-corrected chi connectivity index (χ3v) is 3.55. The van der Waals surface area contributed by atoms with Gasteiger partial charge in [0.2, 0.25) is 0 Å². The Hall–Kier alpha value is -0.810. The lowest BCUT2D eigenvalue weighted by molar-refractivity contribution is 0.449. The summed E-state index contributed by atoms with van der Waals surface area (Å²) in [5.74, 6) is 1.03. The summed E-state index contributed by atoms with van der Waals surface area (Å²) in [7, 11) is 0. The maximum absolute atomic E-state index is 5.45. The molecule has 0 saturated heterocycles. The summed E-state index contributed by atoms with van der Waals surface area (Å²) >= 11 is 2.36. The minimum Gasteiger partial charge on any atom is -0.469 e. The van der Waals surface area contributed by atoms with E-state index in [9.17, 15) is 0 Å². The summed E-state index contributed by atoms with van der Waals surface area (Å²) in [5, 5.41) is 3.59. The summed E-state index contributed by atoms with van der Waals surface area (Å²) in [4.78, 5) is 0. The monoisotopic (exact) mass is 355 g/mol. The van der Waals surface area contributed by atoms with Crippen molar-refractivity contribution in [3.8, 4) is 0 Å². The van der Waals surface area contributed by atoms with Crippen molar-refractivity contribution in [3.63, 3.8) is 0 Å².